The van der Waals surface area contributed by atoms with Crippen LogP contribution < -0.4 is 4.74 Å². The van der Waals surface area contributed by atoms with Crippen LogP contribution in [-0.4, -0.2) is 10.5 Å². The highest BCUT2D eigenvalue weighted by Gasteiger charge is 2.21. The normalized spacial score (nSPS) is 20.3. The van der Waals surface area contributed by atoms with E-state index in [0.29, 0.717) is 6.10 Å². The van der Waals surface area contributed by atoms with Gasteiger partial charge in [-0.2, -0.15) is 0 Å². The number of alkyl halides is 1. The predicted molar refractivity (Wildman–Crippen MR) is 61.1 cm³/mol. The summed E-state index contributed by atoms with van der Waals surface area (Å²) in [5.41, 5.74) is 1.33. The highest BCUT2D eigenvalue weighted by Crippen LogP contribution is 2.31. The molecule has 0 bridgehead atoms. The van der Waals surface area contributed by atoms with Crippen LogP contribution in [0.15, 0.2) is 22.7 Å². The zero-order chi connectivity index (χ0) is 8.55. The van der Waals surface area contributed by atoms with Gasteiger partial charge < -0.3 is 4.74 Å². The number of rotatable bonds is 1. The van der Waals surface area contributed by atoms with Crippen molar-refractivity contribution in [2.24, 2.45) is 0 Å². The SMILES string of the molecule is Brc1ccc2c(c1)C[C@H](CI)O2. The fourth-order valence-electron chi connectivity index (χ4n) is 1.38. The van der Waals surface area contributed by atoms with E-state index in [4.69, 9.17) is 4.74 Å². The van der Waals surface area contributed by atoms with Gasteiger partial charge in [-0.15, -0.1) is 0 Å². The maximum absolute atomic E-state index is 5.68. The first-order valence-corrected chi connectivity index (χ1v) is 6.12. The quantitative estimate of drug-likeness (QED) is 0.564. The summed E-state index contributed by atoms with van der Waals surface area (Å²) in [7, 11) is 0. The molecule has 12 heavy (non-hydrogen) atoms. The monoisotopic (exact) mass is 338 g/mol. The third kappa shape index (κ3) is 1.62. The van der Waals surface area contributed by atoms with E-state index in [0.717, 1.165) is 21.1 Å². The zero-order valence-corrected chi connectivity index (χ0v) is 10.1. The van der Waals surface area contributed by atoms with Gasteiger partial charge in [-0.1, -0.05) is 38.5 Å². The molecule has 1 aliphatic heterocycles. The van der Waals surface area contributed by atoms with E-state index in [2.05, 4.69) is 44.6 Å². The van der Waals surface area contributed by atoms with Crippen LogP contribution in [0.4, 0.5) is 0 Å². The van der Waals surface area contributed by atoms with Crippen molar-refractivity contribution in [3.8, 4) is 5.75 Å². The molecule has 0 amide bonds. The molecule has 0 saturated carbocycles. The molecule has 2 rings (SSSR count). The summed E-state index contributed by atoms with van der Waals surface area (Å²) < 4.78 is 7.88. The van der Waals surface area contributed by atoms with Gasteiger partial charge >= 0.3 is 0 Å². The summed E-state index contributed by atoms with van der Waals surface area (Å²) in [5, 5.41) is 0. The summed E-state index contributed by atoms with van der Waals surface area (Å²) >= 11 is 5.81. The van der Waals surface area contributed by atoms with Crippen molar-refractivity contribution in [3.63, 3.8) is 0 Å². The summed E-state index contributed by atoms with van der Waals surface area (Å²) in [6.45, 7) is 0. The largest absolute Gasteiger partial charge is 0.489 e. The Balaban J connectivity index is 2.30. The molecule has 0 N–H and O–H groups in total. The van der Waals surface area contributed by atoms with E-state index in [9.17, 15) is 0 Å². The molecule has 0 fully saturated rings. The molecular weight excluding hydrogens is 331 g/mol. The Morgan fingerprint density at radius 3 is 3.17 bits per heavy atom. The topological polar surface area (TPSA) is 9.23 Å². The molecule has 0 radical (unpaired) electrons. The van der Waals surface area contributed by atoms with Crippen molar-refractivity contribution in [2.75, 3.05) is 4.43 Å². The van der Waals surface area contributed by atoms with E-state index in [1.165, 1.54) is 5.56 Å². The first kappa shape index (κ1) is 8.81. The predicted octanol–water partition coefficient (Wildman–Crippen LogP) is 3.19. The first-order chi connectivity index (χ1) is 5.79. The summed E-state index contributed by atoms with van der Waals surface area (Å²) in [6.07, 6.45) is 1.44. The number of ether oxygens (including phenoxy) is 1. The van der Waals surface area contributed by atoms with E-state index in [1.807, 2.05) is 12.1 Å². The van der Waals surface area contributed by atoms with E-state index in [1.54, 1.807) is 0 Å². The minimum absolute atomic E-state index is 0.384. The second-order valence-electron chi connectivity index (χ2n) is 2.85. The third-order valence-electron chi connectivity index (χ3n) is 1.94. The van der Waals surface area contributed by atoms with E-state index >= 15 is 0 Å². The zero-order valence-electron chi connectivity index (χ0n) is 6.39. The van der Waals surface area contributed by atoms with Gasteiger partial charge in [0, 0.05) is 15.3 Å². The standard InChI is InChI=1S/C9H8BrIO/c10-7-1-2-9-6(3-7)4-8(5-11)12-9/h1-3,8H,4-5H2/t8-/m1/s1. The number of halogens is 2. The molecule has 1 nitrogen and oxygen atoms in total. The molecule has 0 saturated heterocycles. The highest BCUT2D eigenvalue weighted by molar-refractivity contribution is 14.1. The molecule has 1 aliphatic rings. The molecule has 0 aliphatic carbocycles. The first-order valence-electron chi connectivity index (χ1n) is 3.80. The molecular formula is C9H8BrIO. The van der Waals surface area contributed by atoms with Gasteiger partial charge in [-0.25, -0.2) is 0 Å². The molecule has 64 valence electrons. The smallest absolute Gasteiger partial charge is 0.123 e. The van der Waals surface area contributed by atoms with Crippen LogP contribution in [0.2, 0.25) is 0 Å². The Morgan fingerprint density at radius 2 is 2.42 bits per heavy atom. The summed E-state index contributed by atoms with van der Waals surface area (Å²) in [6, 6.07) is 6.20. The molecule has 0 aromatic heterocycles. The lowest BCUT2D eigenvalue weighted by molar-refractivity contribution is 0.262. The van der Waals surface area contributed by atoms with Gasteiger partial charge in [0.2, 0.25) is 0 Å². The van der Waals surface area contributed by atoms with Gasteiger partial charge in [0.1, 0.15) is 11.9 Å². The van der Waals surface area contributed by atoms with Crippen molar-refractivity contribution in [1.29, 1.82) is 0 Å². The molecule has 1 aromatic rings. The minimum Gasteiger partial charge on any atom is -0.489 e. The Kier molecular flexibility index (Phi) is 2.60. The maximum Gasteiger partial charge on any atom is 0.123 e. The number of fused-ring (bicyclic) bond motifs is 1. The maximum atomic E-state index is 5.68. The third-order valence-corrected chi connectivity index (χ3v) is 3.41. The average Bonchev–Trinajstić information content (AvgIpc) is 2.46. The average molecular weight is 339 g/mol. The lowest BCUT2D eigenvalue weighted by atomic mass is 10.1. The van der Waals surface area contributed by atoms with Crippen LogP contribution in [0.1, 0.15) is 5.56 Å². The Morgan fingerprint density at radius 1 is 1.58 bits per heavy atom. The number of benzene rings is 1. The van der Waals surface area contributed by atoms with Crippen LogP contribution in [-0.2, 0) is 6.42 Å². The lowest BCUT2D eigenvalue weighted by Crippen LogP contribution is -2.13. The van der Waals surface area contributed by atoms with Gasteiger partial charge in [0.15, 0.2) is 0 Å². The molecule has 1 heterocycles. The Hall–Kier alpha value is 0.230. The van der Waals surface area contributed by atoms with E-state index < -0.39 is 0 Å². The summed E-state index contributed by atoms with van der Waals surface area (Å²) in [4.78, 5) is 0. The van der Waals surface area contributed by atoms with Crippen molar-refractivity contribution in [1.82, 2.24) is 0 Å². The van der Waals surface area contributed by atoms with Crippen molar-refractivity contribution < 1.29 is 4.74 Å². The lowest BCUT2D eigenvalue weighted by Gasteiger charge is -2.04. The van der Waals surface area contributed by atoms with Crippen LogP contribution in [0.5, 0.6) is 5.75 Å². The number of hydrogen-bond donors (Lipinski definition) is 0. The summed E-state index contributed by atoms with van der Waals surface area (Å²) in [5.74, 6) is 1.06. The van der Waals surface area contributed by atoms with Crippen LogP contribution in [0, 0.1) is 0 Å². The van der Waals surface area contributed by atoms with Crippen molar-refractivity contribution in [3.05, 3.63) is 28.2 Å². The fraction of sp³-hybridized carbons (Fsp3) is 0.333. The molecule has 3 heteroatoms. The van der Waals surface area contributed by atoms with Gasteiger partial charge in [0.25, 0.3) is 0 Å². The Bertz CT molecular complexity index is 301. The van der Waals surface area contributed by atoms with Crippen molar-refractivity contribution >= 4 is 38.5 Å². The van der Waals surface area contributed by atoms with Crippen LogP contribution in [0.3, 0.4) is 0 Å². The second-order valence-corrected chi connectivity index (χ2v) is 4.65. The van der Waals surface area contributed by atoms with Gasteiger partial charge in [-0.3, -0.25) is 0 Å². The van der Waals surface area contributed by atoms with Crippen molar-refractivity contribution in [2.45, 2.75) is 12.5 Å². The Labute approximate surface area is 93.8 Å². The minimum atomic E-state index is 0.384. The highest BCUT2D eigenvalue weighted by atomic mass is 127. The molecule has 0 spiro atoms. The fourth-order valence-corrected chi connectivity index (χ4v) is 2.27. The van der Waals surface area contributed by atoms with E-state index in [-0.39, 0.29) is 0 Å². The number of hydrogen-bond acceptors (Lipinski definition) is 1. The van der Waals surface area contributed by atoms with Crippen LogP contribution in [0.25, 0.3) is 0 Å². The van der Waals surface area contributed by atoms with Crippen LogP contribution >= 0.6 is 38.5 Å². The molecule has 1 atom stereocenters. The molecule has 1 aromatic carbocycles. The van der Waals surface area contributed by atoms with Gasteiger partial charge in [0.05, 0.1) is 0 Å². The molecule has 0 unspecified atom stereocenters. The van der Waals surface area contributed by atoms with Gasteiger partial charge in [-0.05, 0) is 23.8 Å². The second kappa shape index (κ2) is 3.54.